The normalized spacial score (nSPS) is 10.8. The van der Waals surface area contributed by atoms with E-state index in [1.165, 1.54) is 16.0 Å². The van der Waals surface area contributed by atoms with Gasteiger partial charge < -0.3 is 11.1 Å². The summed E-state index contributed by atoms with van der Waals surface area (Å²) in [6.07, 6.45) is 0. The Morgan fingerprint density at radius 3 is 2.65 bits per heavy atom. The Bertz CT molecular complexity index is 1060. The fourth-order valence-corrected chi connectivity index (χ4v) is 3.56. The first-order valence-electron chi connectivity index (χ1n) is 7.44. The summed E-state index contributed by atoms with van der Waals surface area (Å²) in [7, 11) is 0. The van der Waals surface area contributed by atoms with E-state index >= 15 is 0 Å². The van der Waals surface area contributed by atoms with Gasteiger partial charge in [-0.3, -0.25) is 0 Å². The van der Waals surface area contributed by atoms with Crippen molar-refractivity contribution in [3.05, 3.63) is 58.0 Å². The van der Waals surface area contributed by atoms with E-state index in [0.717, 1.165) is 15.8 Å². The zero-order valence-corrected chi connectivity index (χ0v) is 16.3. The van der Waals surface area contributed by atoms with Crippen LogP contribution in [-0.2, 0) is 0 Å². The lowest BCUT2D eigenvalue weighted by Crippen LogP contribution is -2.02. The topological polar surface area (TPSA) is 94.5 Å². The molecule has 0 radical (unpaired) electrons. The van der Waals surface area contributed by atoms with E-state index in [-0.39, 0.29) is 0 Å². The quantitative estimate of drug-likeness (QED) is 0.476. The number of aromatic nitrogens is 5. The molecule has 0 aliphatic rings. The third-order valence-corrected chi connectivity index (χ3v) is 5.07. The number of nitrogens with one attached hydrogen (secondary N) is 1. The molecule has 0 saturated heterocycles. The van der Waals surface area contributed by atoms with Crippen molar-refractivity contribution < 1.29 is 0 Å². The van der Waals surface area contributed by atoms with E-state index in [0.29, 0.717) is 26.7 Å². The number of benzene rings is 2. The van der Waals surface area contributed by atoms with Crippen molar-refractivity contribution in [2.24, 2.45) is 0 Å². The average molecular weight is 449 g/mol. The Kier molecular flexibility index (Phi) is 4.58. The average Bonchev–Trinajstić information content (AvgIpc) is 3.22. The van der Waals surface area contributed by atoms with Crippen LogP contribution < -0.4 is 11.1 Å². The molecule has 130 valence electrons. The Labute approximate surface area is 166 Å². The lowest BCUT2D eigenvalue weighted by Gasteiger charge is -2.02. The monoisotopic (exact) mass is 447 g/mol. The maximum Gasteiger partial charge on any atom is 0.210 e. The van der Waals surface area contributed by atoms with Crippen molar-refractivity contribution in [3.8, 4) is 16.4 Å². The van der Waals surface area contributed by atoms with Crippen molar-refractivity contribution in [1.29, 1.82) is 0 Å². The second-order valence-electron chi connectivity index (χ2n) is 5.26. The van der Waals surface area contributed by atoms with Crippen molar-refractivity contribution >= 4 is 55.5 Å². The molecule has 0 spiro atoms. The first kappa shape index (κ1) is 17.0. The number of hydrogen-bond acceptors (Lipinski definition) is 7. The van der Waals surface area contributed by atoms with Crippen LogP contribution in [0, 0.1) is 0 Å². The summed E-state index contributed by atoms with van der Waals surface area (Å²) < 4.78 is 2.51. The maximum atomic E-state index is 6.20. The maximum absolute atomic E-state index is 6.20. The number of nitrogen functional groups attached to an aromatic ring is 1. The van der Waals surface area contributed by atoms with Gasteiger partial charge in [0, 0.05) is 15.2 Å². The number of nitrogens with zero attached hydrogens (tertiary/aromatic N) is 5. The summed E-state index contributed by atoms with van der Waals surface area (Å²) in [5.41, 5.74) is 8.36. The van der Waals surface area contributed by atoms with Crippen LogP contribution in [0.4, 0.5) is 16.6 Å². The second-order valence-corrected chi connectivity index (χ2v) is 7.59. The fraction of sp³-hybridized carbons (Fsp3) is 0. The molecule has 2 aromatic heterocycles. The molecule has 4 aromatic rings. The molecule has 0 atom stereocenters. The molecule has 0 aliphatic carbocycles. The molecule has 7 nitrogen and oxygen atoms in total. The highest BCUT2D eigenvalue weighted by Crippen LogP contribution is 2.31. The largest absolute Gasteiger partial charge is 0.382 e. The third kappa shape index (κ3) is 3.41. The van der Waals surface area contributed by atoms with Crippen LogP contribution in [0.5, 0.6) is 0 Å². The van der Waals surface area contributed by atoms with Crippen LogP contribution in [0.15, 0.2) is 53.0 Å². The van der Waals surface area contributed by atoms with E-state index in [4.69, 9.17) is 17.3 Å². The van der Waals surface area contributed by atoms with Crippen LogP contribution in [-0.4, -0.2) is 25.2 Å². The van der Waals surface area contributed by atoms with Gasteiger partial charge in [-0.1, -0.05) is 50.1 Å². The van der Waals surface area contributed by atoms with Gasteiger partial charge in [0.1, 0.15) is 0 Å². The molecule has 2 aromatic carbocycles. The van der Waals surface area contributed by atoms with Gasteiger partial charge in [-0.25, -0.2) is 0 Å². The molecule has 0 amide bonds. The van der Waals surface area contributed by atoms with Gasteiger partial charge in [0.25, 0.3) is 0 Å². The number of halogens is 2. The van der Waals surface area contributed by atoms with Gasteiger partial charge in [-0.15, -0.1) is 15.3 Å². The highest BCUT2D eigenvalue weighted by atomic mass is 79.9. The Morgan fingerprint density at radius 1 is 1.08 bits per heavy atom. The van der Waals surface area contributed by atoms with Gasteiger partial charge in [0.05, 0.1) is 5.69 Å². The molecule has 0 bridgehead atoms. The highest BCUT2D eigenvalue weighted by molar-refractivity contribution is 9.10. The summed E-state index contributed by atoms with van der Waals surface area (Å²) in [6, 6.07) is 14.9. The number of nitrogens with two attached hydrogens (primary N) is 1. The predicted octanol–water partition coefficient (Wildman–Crippen LogP) is 4.53. The summed E-state index contributed by atoms with van der Waals surface area (Å²) in [6.45, 7) is 0. The van der Waals surface area contributed by atoms with Gasteiger partial charge in [-0.2, -0.15) is 4.68 Å². The van der Waals surface area contributed by atoms with Gasteiger partial charge in [0.15, 0.2) is 16.5 Å². The molecule has 0 saturated carbocycles. The SMILES string of the molecule is Nc1c(-c2nnc(Nc3cccc(Br)c3)s2)nnn1-c1ccc(Cl)cc1. The fourth-order valence-electron chi connectivity index (χ4n) is 2.27. The van der Waals surface area contributed by atoms with Crippen LogP contribution in [0.2, 0.25) is 5.02 Å². The molecule has 2 heterocycles. The molecule has 0 fully saturated rings. The molecule has 3 N–H and O–H groups in total. The molecule has 10 heteroatoms. The zero-order chi connectivity index (χ0) is 18.1. The molecule has 0 aliphatic heterocycles. The van der Waals surface area contributed by atoms with Gasteiger partial charge in [-0.05, 0) is 42.5 Å². The van der Waals surface area contributed by atoms with Crippen molar-refractivity contribution in [1.82, 2.24) is 25.2 Å². The smallest absolute Gasteiger partial charge is 0.210 e. The molecule has 4 rings (SSSR count). The minimum Gasteiger partial charge on any atom is -0.382 e. The number of hydrogen-bond donors (Lipinski definition) is 2. The van der Waals surface area contributed by atoms with E-state index in [9.17, 15) is 0 Å². The zero-order valence-electron chi connectivity index (χ0n) is 13.1. The van der Waals surface area contributed by atoms with Crippen LogP contribution in [0.3, 0.4) is 0 Å². The van der Waals surface area contributed by atoms with Gasteiger partial charge in [0.2, 0.25) is 5.13 Å². The first-order valence-corrected chi connectivity index (χ1v) is 9.42. The molecule has 0 unspecified atom stereocenters. The van der Waals surface area contributed by atoms with E-state index in [2.05, 4.69) is 41.8 Å². The third-order valence-electron chi connectivity index (χ3n) is 3.48. The summed E-state index contributed by atoms with van der Waals surface area (Å²) in [5.74, 6) is 0.387. The summed E-state index contributed by atoms with van der Waals surface area (Å²) in [4.78, 5) is 0. The van der Waals surface area contributed by atoms with Crippen molar-refractivity contribution in [2.75, 3.05) is 11.1 Å². The Balaban J connectivity index is 1.61. The number of anilines is 3. The summed E-state index contributed by atoms with van der Waals surface area (Å²) >= 11 is 10.7. The van der Waals surface area contributed by atoms with Crippen molar-refractivity contribution in [3.63, 3.8) is 0 Å². The predicted molar refractivity (Wildman–Crippen MR) is 107 cm³/mol. The minimum atomic E-state index is 0.387. The lowest BCUT2D eigenvalue weighted by molar-refractivity contribution is 0.810. The minimum absolute atomic E-state index is 0.387. The molecule has 26 heavy (non-hydrogen) atoms. The van der Waals surface area contributed by atoms with Gasteiger partial charge >= 0.3 is 0 Å². The second kappa shape index (κ2) is 7.02. The van der Waals surface area contributed by atoms with Crippen molar-refractivity contribution in [2.45, 2.75) is 0 Å². The Hall–Kier alpha value is -2.49. The van der Waals surface area contributed by atoms with Crippen LogP contribution >= 0.6 is 38.9 Å². The summed E-state index contributed by atoms with van der Waals surface area (Å²) in [5, 5.41) is 21.6. The first-order chi connectivity index (χ1) is 12.6. The van der Waals surface area contributed by atoms with E-state index in [1.807, 2.05) is 36.4 Å². The number of rotatable bonds is 4. The Morgan fingerprint density at radius 2 is 1.88 bits per heavy atom. The van der Waals surface area contributed by atoms with E-state index in [1.54, 1.807) is 12.1 Å². The van der Waals surface area contributed by atoms with Crippen LogP contribution in [0.25, 0.3) is 16.4 Å². The lowest BCUT2D eigenvalue weighted by atomic mass is 10.3. The highest BCUT2D eigenvalue weighted by Gasteiger charge is 2.17. The van der Waals surface area contributed by atoms with E-state index < -0.39 is 0 Å². The molecular formula is C16H11BrClN7S. The molecular weight excluding hydrogens is 438 g/mol. The van der Waals surface area contributed by atoms with Crippen LogP contribution in [0.1, 0.15) is 0 Å². The standard InChI is InChI=1S/C16H11BrClN7S/c17-9-2-1-3-11(8-9)20-16-23-22-15(26-16)13-14(19)25(24-21-13)12-6-4-10(18)5-7-12/h1-8H,19H2,(H,20,23).